The number of carbonyl (C=O) groups is 2. The molecule has 2 rings (SSSR count). The lowest BCUT2D eigenvalue weighted by Crippen LogP contribution is -2.36. The fourth-order valence-corrected chi connectivity index (χ4v) is 2.63. The fraction of sp³-hybridized carbons (Fsp3) is 0.364. The average Bonchev–Trinajstić information content (AvgIpc) is 2.72. The lowest BCUT2D eigenvalue weighted by atomic mass is 10.2. The molecule has 0 saturated carbocycles. The highest BCUT2D eigenvalue weighted by Crippen LogP contribution is 2.29. The van der Waals surface area contributed by atoms with Crippen molar-refractivity contribution in [3.8, 4) is 11.5 Å². The molecule has 1 amide bonds. The van der Waals surface area contributed by atoms with Gasteiger partial charge >= 0.3 is 5.97 Å². The number of hydrogen-bond acceptors (Lipinski definition) is 6. The summed E-state index contributed by atoms with van der Waals surface area (Å²) < 4.78 is 15.9. The summed E-state index contributed by atoms with van der Waals surface area (Å²) >= 11 is 0. The molecule has 0 aliphatic heterocycles. The van der Waals surface area contributed by atoms with E-state index in [-0.39, 0.29) is 24.8 Å². The smallest absolute Gasteiger partial charge is 0.320 e. The van der Waals surface area contributed by atoms with Crippen molar-refractivity contribution < 1.29 is 23.8 Å². The molecule has 0 atom stereocenters. The monoisotopic (exact) mass is 400 g/mol. The molecule has 0 spiro atoms. The van der Waals surface area contributed by atoms with Crippen LogP contribution in [0.2, 0.25) is 0 Å². The van der Waals surface area contributed by atoms with Crippen LogP contribution in [0, 0.1) is 0 Å². The quantitative estimate of drug-likeness (QED) is 0.551. The topological polar surface area (TPSA) is 77.1 Å². The van der Waals surface area contributed by atoms with Gasteiger partial charge in [-0.05, 0) is 31.2 Å². The lowest BCUT2D eigenvalue weighted by molar-refractivity contribution is -0.144. The molecular weight excluding hydrogens is 372 g/mol. The lowest BCUT2D eigenvalue weighted by Gasteiger charge is -2.20. The molecular formula is C22H28N2O5. The number of nitrogens with one attached hydrogen (secondary N) is 1. The average molecular weight is 400 g/mol. The van der Waals surface area contributed by atoms with Crippen molar-refractivity contribution >= 4 is 17.6 Å². The third-order valence-corrected chi connectivity index (χ3v) is 4.06. The first-order valence-corrected chi connectivity index (χ1v) is 9.61. The van der Waals surface area contributed by atoms with E-state index < -0.39 is 0 Å². The van der Waals surface area contributed by atoms with Crippen LogP contribution in [0.5, 0.6) is 11.5 Å². The van der Waals surface area contributed by atoms with Gasteiger partial charge in [-0.2, -0.15) is 0 Å². The van der Waals surface area contributed by atoms with E-state index >= 15 is 0 Å². The van der Waals surface area contributed by atoms with Crippen LogP contribution >= 0.6 is 0 Å². The zero-order valence-corrected chi connectivity index (χ0v) is 16.9. The summed E-state index contributed by atoms with van der Waals surface area (Å²) in [6.45, 7) is 3.63. The number of anilines is 1. The third kappa shape index (κ3) is 8.33. The van der Waals surface area contributed by atoms with E-state index in [2.05, 4.69) is 5.32 Å². The van der Waals surface area contributed by atoms with Crippen LogP contribution in [0.25, 0.3) is 0 Å². The van der Waals surface area contributed by atoms with Crippen molar-refractivity contribution in [3.63, 3.8) is 0 Å². The van der Waals surface area contributed by atoms with Gasteiger partial charge < -0.3 is 19.5 Å². The highest BCUT2D eigenvalue weighted by Gasteiger charge is 2.14. The number of para-hydroxylation sites is 3. The van der Waals surface area contributed by atoms with Crippen LogP contribution in [0.1, 0.15) is 13.3 Å². The zero-order valence-electron chi connectivity index (χ0n) is 16.9. The van der Waals surface area contributed by atoms with Gasteiger partial charge in [0.05, 0.1) is 25.4 Å². The first kappa shape index (κ1) is 22.4. The Balaban J connectivity index is 1.92. The second-order valence-electron chi connectivity index (χ2n) is 6.28. The molecule has 2 aromatic rings. The van der Waals surface area contributed by atoms with E-state index in [1.165, 1.54) is 0 Å². The minimum absolute atomic E-state index is 0.123. The number of ether oxygens (including phenoxy) is 3. The Kier molecular flexibility index (Phi) is 9.68. The maximum atomic E-state index is 12.5. The largest absolute Gasteiger partial charge is 0.465 e. The zero-order chi connectivity index (χ0) is 20.9. The van der Waals surface area contributed by atoms with Gasteiger partial charge in [0.1, 0.15) is 5.75 Å². The molecule has 0 fully saturated rings. The fourth-order valence-electron chi connectivity index (χ4n) is 2.63. The number of rotatable bonds is 12. The van der Waals surface area contributed by atoms with E-state index in [1.54, 1.807) is 26.2 Å². The molecule has 0 unspecified atom stereocenters. The van der Waals surface area contributed by atoms with Crippen molar-refractivity contribution in [2.24, 2.45) is 0 Å². The number of amides is 1. The Hall–Kier alpha value is -2.90. The van der Waals surface area contributed by atoms with Crippen LogP contribution < -0.4 is 10.1 Å². The number of carbonyl (C=O) groups excluding carboxylic acids is 2. The third-order valence-electron chi connectivity index (χ3n) is 4.06. The van der Waals surface area contributed by atoms with Gasteiger partial charge in [-0.1, -0.05) is 30.3 Å². The summed E-state index contributed by atoms with van der Waals surface area (Å²) in [5.74, 6) is 0.773. The molecule has 7 nitrogen and oxygen atoms in total. The first-order valence-electron chi connectivity index (χ1n) is 9.61. The number of methoxy groups -OCH3 is 1. The maximum absolute atomic E-state index is 12.5. The van der Waals surface area contributed by atoms with Gasteiger partial charge in [0, 0.05) is 26.6 Å². The van der Waals surface area contributed by atoms with Crippen LogP contribution in [-0.4, -0.2) is 56.7 Å². The Bertz CT molecular complexity index is 767. The second kappa shape index (κ2) is 12.5. The first-order chi connectivity index (χ1) is 14.1. The van der Waals surface area contributed by atoms with E-state index in [1.807, 2.05) is 47.4 Å². The molecule has 2 aromatic carbocycles. The predicted molar refractivity (Wildman–Crippen MR) is 111 cm³/mol. The summed E-state index contributed by atoms with van der Waals surface area (Å²) in [4.78, 5) is 26.1. The Morgan fingerprint density at radius 2 is 1.72 bits per heavy atom. The molecule has 0 aliphatic carbocycles. The highest BCUT2D eigenvalue weighted by atomic mass is 16.5. The van der Waals surface area contributed by atoms with Gasteiger partial charge in [-0.3, -0.25) is 14.5 Å². The van der Waals surface area contributed by atoms with Crippen LogP contribution in [0.15, 0.2) is 54.6 Å². The van der Waals surface area contributed by atoms with E-state index in [4.69, 9.17) is 14.2 Å². The Morgan fingerprint density at radius 3 is 2.45 bits per heavy atom. The van der Waals surface area contributed by atoms with Gasteiger partial charge in [-0.25, -0.2) is 0 Å². The maximum Gasteiger partial charge on any atom is 0.320 e. The van der Waals surface area contributed by atoms with Crippen molar-refractivity contribution in [1.82, 2.24) is 4.90 Å². The SMILES string of the molecule is CCOC(=O)CN(CCOC)CCC(=O)Nc1ccccc1Oc1ccccc1. The van der Waals surface area contributed by atoms with Gasteiger partial charge in [-0.15, -0.1) is 0 Å². The van der Waals surface area contributed by atoms with Gasteiger partial charge in [0.15, 0.2) is 5.75 Å². The Morgan fingerprint density at radius 1 is 1.00 bits per heavy atom. The van der Waals surface area contributed by atoms with E-state index in [0.29, 0.717) is 43.5 Å². The molecule has 0 radical (unpaired) electrons. The van der Waals surface area contributed by atoms with E-state index in [9.17, 15) is 9.59 Å². The summed E-state index contributed by atoms with van der Waals surface area (Å²) in [5.41, 5.74) is 0.593. The van der Waals surface area contributed by atoms with Crippen molar-refractivity contribution in [1.29, 1.82) is 0 Å². The second-order valence-corrected chi connectivity index (χ2v) is 6.28. The predicted octanol–water partition coefficient (Wildman–Crippen LogP) is 3.32. The van der Waals surface area contributed by atoms with E-state index in [0.717, 1.165) is 0 Å². The minimum atomic E-state index is -0.314. The summed E-state index contributed by atoms with van der Waals surface area (Å²) in [6.07, 6.45) is 0.225. The molecule has 29 heavy (non-hydrogen) atoms. The van der Waals surface area contributed by atoms with Crippen molar-refractivity contribution in [3.05, 3.63) is 54.6 Å². The molecule has 0 aliphatic rings. The van der Waals surface area contributed by atoms with Crippen LogP contribution in [0.3, 0.4) is 0 Å². The number of hydrogen-bond donors (Lipinski definition) is 1. The normalized spacial score (nSPS) is 10.6. The molecule has 156 valence electrons. The molecule has 0 saturated heterocycles. The molecule has 0 heterocycles. The summed E-state index contributed by atoms with van der Waals surface area (Å²) in [7, 11) is 1.60. The van der Waals surface area contributed by atoms with Crippen LogP contribution in [-0.2, 0) is 19.1 Å². The Labute approximate surface area is 171 Å². The van der Waals surface area contributed by atoms with Crippen molar-refractivity contribution in [2.45, 2.75) is 13.3 Å². The molecule has 7 heteroatoms. The highest BCUT2D eigenvalue weighted by molar-refractivity contribution is 5.92. The number of benzene rings is 2. The van der Waals surface area contributed by atoms with Crippen molar-refractivity contribution in [2.75, 3.05) is 45.3 Å². The molecule has 0 bridgehead atoms. The summed E-state index contributed by atoms with van der Waals surface area (Å²) in [5, 5.41) is 2.88. The standard InChI is InChI=1S/C22H28N2O5/c1-3-28-22(26)17-24(15-16-27-2)14-13-21(25)23-19-11-7-8-12-20(19)29-18-9-5-4-6-10-18/h4-12H,3,13-17H2,1-2H3,(H,23,25). The van der Waals surface area contributed by atoms with Gasteiger partial charge in [0.25, 0.3) is 0 Å². The summed E-state index contributed by atoms with van der Waals surface area (Å²) in [6, 6.07) is 16.6. The van der Waals surface area contributed by atoms with Crippen LogP contribution in [0.4, 0.5) is 5.69 Å². The van der Waals surface area contributed by atoms with Gasteiger partial charge in [0.2, 0.25) is 5.91 Å². The molecule has 0 aromatic heterocycles. The number of esters is 1. The number of nitrogens with zero attached hydrogens (tertiary/aromatic N) is 1. The minimum Gasteiger partial charge on any atom is -0.465 e. The molecule has 1 N–H and O–H groups in total.